The number of rotatable bonds is 5. The highest BCUT2D eigenvalue weighted by Gasteiger charge is 2.25. The van der Waals surface area contributed by atoms with Gasteiger partial charge in [0.25, 0.3) is 0 Å². The number of likely N-dealkylation sites (tertiary alicyclic amines) is 1. The molecule has 0 radical (unpaired) electrons. The summed E-state index contributed by atoms with van der Waals surface area (Å²) in [6.45, 7) is 2.56. The van der Waals surface area contributed by atoms with Gasteiger partial charge in [-0.1, -0.05) is 54.6 Å². The number of sulfone groups is 1. The molecule has 0 amide bonds. The lowest BCUT2D eigenvalue weighted by Gasteiger charge is -2.22. The Kier molecular flexibility index (Phi) is 6.16. The van der Waals surface area contributed by atoms with Crippen LogP contribution in [0, 0.1) is 0 Å². The summed E-state index contributed by atoms with van der Waals surface area (Å²) < 4.78 is 23.0. The predicted octanol–water partition coefficient (Wildman–Crippen LogP) is 2.80. The van der Waals surface area contributed by atoms with Crippen LogP contribution in [0.5, 0.6) is 0 Å². The van der Waals surface area contributed by atoms with Gasteiger partial charge in [0.15, 0.2) is 15.8 Å². The molecule has 0 spiro atoms. The Labute approximate surface area is 162 Å². The molecule has 2 aromatic rings. The third-order valence-electron chi connectivity index (χ3n) is 4.84. The summed E-state index contributed by atoms with van der Waals surface area (Å²) >= 11 is 0. The zero-order chi connectivity index (χ0) is 19.3. The highest BCUT2D eigenvalue weighted by atomic mass is 32.2. The van der Waals surface area contributed by atoms with Crippen molar-refractivity contribution in [1.82, 2.24) is 10.2 Å². The van der Waals surface area contributed by atoms with E-state index in [9.17, 15) is 8.42 Å². The Bertz CT molecular complexity index is 895. The molecular weight excluding hydrogens is 358 g/mol. The molecule has 1 N–H and O–H groups in total. The molecule has 0 aromatic heterocycles. The third kappa shape index (κ3) is 5.57. The fourth-order valence-electron chi connectivity index (χ4n) is 3.60. The second kappa shape index (κ2) is 8.57. The van der Waals surface area contributed by atoms with Crippen LogP contribution in [0.25, 0.3) is 0 Å². The summed E-state index contributed by atoms with van der Waals surface area (Å²) in [5, 5.41) is 3.42. The van der Waals surface area contributed by atoms with Crippen molar-refractivity contribution in [1.29, 1.82) is 0 Å². The monoisotopic (exact) mass is 385 g/mol. The van der Waals surface area contributed by atoms with E-state index >= 15 is 0 Å². The lowest BCUT2D eigenvalue weighted by atomic mass is 9.99. The quantitative estimate of drug-likeness (QED) is 0.635. The molecule has 0 aliphatic carbocycles. The average Bonchev–Trinajstić information content (AvgIpc) is 3.12. The third-order valence-corrected chi connectivity index (χ3v) is 5.70. The van der Waals surface area contributed by atoms with E-state index in [1.165, 1.54) is 11.8 Å². The Balaban J connectivity index is 1.59. The van der Waals surface area contributed by atoms with E-state index in [1.807, 2.05) is 24.3 Å². The number of benzene rings is 2. The number of hydrogen-bond acceptors (Lipinski definition) is 3. The molecule has 3 rings (SSSR count). The highest BCUT2D eigenvalue weighted by molar-refractivity contribution is 7.89. The molecular formula is C21H27N3O2S. The number of aliphatic imine (C=N–C) groups is 1. The first-order chi connectivity index (χ1) is 12.9. The van der Waals surface area contributed by atoms with Crippen LogP contribution >= 0.6 is 0 Å². The maximum atomic E-state index is 11.5. The molecule has 27 heavy (non-hydrogen) atoms. The van der Waals surface area contributed by atoms with Crippen LogP contribution in [0.4, 0.5) is 0 Å². The van der Waals surface area contributed by atoms with Gasteiger partial charge in [-0.25, -0.2) is 8.42 Å². The standard InChI is InChI=1S/C21H27N3O2S/c1-22-21(24-12-11-20(15-24)19-9-4-3-5-10-19)23-14-17-7-6-8-18(13-17)16-27(2,25)26/h3-10,13,20H,11-12,14-16H2,1-2H3,(H,22,23). The van der Waals surface area contributed by atoms with E-state index in [1.54, 1.807) is 7.05 Å². The molecule has 1 unspecified atom stereocenters. The van der Waals surface area contributed by atoms with Gasteiger partial charge in [-0.05, 0) is 23.1 Å². The molecule has 0 saturated carbocycles. The molecule has 144 valence electrons. The highest BCUT2D eigenvalue weighted by Crippen LogP contribution is 2.26. The van der Waals surface area contributed by atoms with Crippen LogP contribution < -0.4 is 5.32 Å². The smallest absolute Gasteiger partial charge is 0.193 e. The zero-order valence-corrected chi connectivity index (χ0v) is 16.7. The van der Waals surface area contributed by atoms with Crippen LogP contribution in [0.1, 0.15) is 29.0 Å². The molecule has 1 saturated heterocycles. The van der Waals surface area contributed by atoms with Crippen molar-refractivity contribution >= 4 is 15.8 Å². The molecule has 0 bridgehead atoms. The first kappa shape index (κ1) is 19.4. The number of guanidine groups is 1. The lowest BCUT2D eigenvalue weighted by Crippen LogP contribution is -2.39. The second-order valence-electron chi connectivity index (χ2n) is 7.13. The van der Waals surface area contributed by atoms with E-state index in [2.05, 4.69) is 45.5 Å². The van der Waals surface area contributed by atoms with Crippen molar-refractivity contribution in [2.24, 2.45) is 4.99 Å². The van der Waals surface area contributed by atoms with Gasteiger partial charge < -0.3 is 10.2 Å². The normalized spacial score (nSPS) is 17.9. The summed E-state index contributed by atoms with van der Waals surface area (Å²) in [4.78, 5) is 6.72. The number of nitrogens with one attached hydrogen (secondary N) is 1. The summed E-state index contributed by atoms with van der Waals surface area (Å²) in [7, 11) is -1.22. The van der Waals surface area contributed by atoms with Crippen LogP contribution in [0.15, 0.2) is 59.6 Å². The van der Waals surface area contributed by atoms with Crippen molar-refractivity contribution in [2.45, 2.75) is 24.6 Å². The van der Waals surface area contributed by atoms with E-state index in [-0.39, 0.29) is 5.75 Å². The molecule has 5 nitrogen and oxygen atoms in total. The van der Waals surface area contributed by atoms with Crippen LogP contribution in [-0.2, 0) is 22.1 Å². The zero-order valence-electron chi connectivity index (χ0n) is 15.9. The van der Waals surface area contributed by atoms with Gasteiger partial charge in [0.1, 0.15) is 0 Å². The fraction of sp³-hybridized carbons (Fsp3) is 0.381. The van der Waals surface area contributed by atoms with E-state index in [4.69, 9.17) is 0 Å². The van der Waals surface area contributed by atoms with Crippen molar-refractivity contribution < 1.29 is 8.42 Å². The Morgan fingerprint density at radius 2 is 1.89 bits per heavy atom. The topological polar surface area (TPSA) is 61.8 Å². The minimum Gasteiger partial charge on any atom is -0.352 e. The Hall–Kier alpha value is -2.34. The molecule has 2 aromatic carbocycles. The van der Waals surface area contributed by atoms with Crippen molar-refractivity contribution in [2.75, 3.05) is 26.4 Å². The largest absolute Gasteiger partial charge is 0.352 e. The van der Waals surface area contributed by atoms with Gasteiger partial charge in [0.2, 0.25) is 0 Å². The van der Waals surface area contributed by atoms with Gasteiger partial charge in [-0.15, -0.1) is 0 Å². The van der Waals surface area contributed by atoms with E-state index in [0.29, 0.717) is 12.5 Å². The molecule has 1 aliphatic rings. The summed E-state index contributed by atoms with van der Waals surface area (Å²) in [5.74, 6) is 1.49. The molecule has 1 atom stereocenters. The summed E-state index contributed by atoms with van der Waals surface area (Å²) in [6.07, 6.45) is 2.38. The molecule has 1 aliphatic heterocycles. The first-order valence-corrected chi connectivity index (χ1v) is 11.3. The van der Waals surface area contributed by atoms with Gasteiger partial charge in [-0.3, -0.25) is 4.99 Å². The number of hydrogen-bond donors (Lipinski definition) is 1. The van der Waals surface area contributed by atoms with Gasteiger partial charge in [0, 0.05) is 38.9 Å². The minimum absolute atomic E-state index is 0.0699. The van der Waals surface area contributed by atoms with Crippen LogP contribution in [0.2, 0.25) is 0 Å². The lowest BCUT2D eigenvalue weighted by molar-refractivity contribution is 0.486. The Morgan fingerprint density at radius 1 is 1.15 bits per heavy atom. The fourth-order valence-corrected chi connectivity index (χ4v) is 4.38. The van der Waals surface area contributed by atoms with Crippen molar-refractivity contribution in [3.05, 3.63) is 71.3 Å². The van der Waals surface area contributed by atoms with E-state index < -0.39 is 9.84 Å². The second-order valence-corrected chi connectivity index (χ2v) is 9.27. The molecule has 1 heterocycles. The average molecular weight is 386 g/mol. The molecule has 1 fully saturated rings. The Morgan fingerprint density at radius 3 is 2.59 bits per heavy atom. The van der Waals surface area contributed by atoms with Crippen LogP contribution in [-0.4, -0.2) is 45.7 Å². The summed E-state index contributed by atoms with van der Waals surface area (Å²) in [6, 6.07) is 18.3. The number of nitrogens with zero attached hydrogens (tertiary/aromatic N) is 2. The van der Waals surface area contributed by atoms with Crippen molar-refractivity contribution in [3.8, 4) is 0 Å². The maximum Gasteiger partial charge on any atom is 0.193 e. The van der Waals surface area contributed by atoms with Gasteiger partial charge in [-0.2, -0.15) is 0 Å². The maximum absolute atomic E-state index is 11.5. The summed E-state index contributed by atoms with van der Waals surface area (Å²) in [5.41, 5.74) is 3.25. The van der Waals surface area contributed by atoms with Gasteiger partial charge >= 0.3 is 0 Å². The van der Waals surface area contributed by atoms with Crippen molar-refractivity contribution in [3.63, 3.8) is 0 Å². The minimum atomic E-state index is -3.03. The van der Waals surface area contributed by atoms with Crippen LogP contribution in [0.3, 0.4) is 0 Å². The molecule has 6 heteroatoms. The van der Waals surface area contributed by atoms with E-state index in [0.717, 1.165) is 36.6 Å². The predicted molar refractivity (Wildman–Crippen MR) is 111 cm³/mol. The first-order valence-electron chi connectivity index (χ1n) is 9.21. The van der Waals surface area contributed by atoms with Gasteiger partial charge in [0.05, 0.1) is 5.75 Å². The SMILES string of the molecule is CN=C(NCc1cccc(CS(C)(=O)=O)c1)N1CCC(c2ccccc2)C1.